The molecule has 1 aromatic carbocycles. The number of hydrogen-bond acceptors (Lipinski definition) is 3. The van der Waals surface area contributed by atoms with E-state index in [9.17, 15) is 0 Å². The molecule has 4 nitrogen and oxygen atoms in total. The van der Waals surface area contributed by atoms with Crippen LogP contribution in [0.3, 0.4) is 0 Å². The lowest BCUT2D eigenvalue weighted by Crippen LogP contribution is -2.50. The number of aryl methyl sites for hydroxylation is 1. The summed E-state index contributed by atoms with van der Waals surface area (Å²) in [4.78, 5) is 0. The number of nitrogens with two attached hydrogens (primary N) is 1. The molecule has 1 aliphatic rings. The molecule has 3 rings (SSSR count). The smallest absolute Gasteiger partial charge is 0.0522 e. The zero-order valence-corrected chi connectivity index (χ0v) is 12.5. The van der Waals surface area contributed by atoms with E-state index in [1.165, 1.54) is 11.1 Å². The first kappa shape index (κ1) is 14.3. The van der Waals surface area contributed by atoms with Crippen molar-refractivity contribution in [2.45, 2.75) is 30.7 Å². The number of hydrogen-bond donors (Lipinski definition) is 1. The highest BCUT2D eigenvalue weighted by molar-refractivity contribution is 5.29. The Balaban J connectivity index is 1.88. The molecule has 1 aromatic heterocycles. The number of benzene rings is 1. The average molecular weight is 285 g/mol. The lowest BCUT2D eigenvalue weighted by molar-refractivity contribution is 0.0400. The van der Waals surface area contributed by atoms with Crippen molar-refractivity contribution in [3.8, 4) is 0 Å². The van der Waals surface area contributed by atoms with Crippen LogP contribution in [0, 0.1) is 0 Å². The lowest BCUT2D eigenvalue weighted by Gasteiger charge is -2.42. The van der Waals surface area contributed by atoms with Gasteiger partial charge in [-0.1, -0.05) is 30.3 Å². The zero-order valence-electron chi connectivity index (χ0n) is 12.5. The van der Waals surface area contributed by atoms with Crippen molar-refractivity contribution in [2.24, 2.45) is 12.8 Å². The predicted octanol–water partition coefficient (Wildman–Crippen LogP) is 2.04. The highest BCUT2D eigenvalue weighted by atomic mass is 16.5. The molecule has 0 spiro atoms. The highest BCUT2D eigenvalue weighted by Crippen LogP contribution is 2.38. The topological polar surface area (TPSA) is 53.1 Å². The van der Waals surface area contributed by atoms with Crippen molar-refractivity contribution >= 4 is 0 Å². The number of ether oxygens (including phenoxy) is 1. The molecule has 2 aromatic rings. The van der Waals surface area contributed by atoms with Crippen molar-refractivity contribution in [3.63, 3.8) is 0 Å². The molecule has 0 radical (unpaired) electrons. The van der Waals surface area contributed by atoms with Gasteiger partial charge in [-0.05, 0) is 30.4 Å². The van der Waals surface area contributed by atoms with Crippen LogP contribution in [0.1, 0.15) is 24.0 Å². The SMILES string of the molecule is Cn1cc(CC(N)C2(c3ccccc3)CCOCC2)cn1. The van der Waals surface area contributed by atoms with E-state index in [4.69, 9.17) is 10.5 Å². The Hall–Kier alpha value is -1.65. The third-order valence-electron chi connectivity index (χ3n) is 4.66. The molecular weight excluding hydrogens is 262 g/mol. The Kier molecular flexibility index (Phi) is 4.08. The van der Waals surface area contributed by atoms with Crippen LogP contribution in [-0.2, 0) is 23.6 Å². The van der Waals surface area contributed by atoms with E-state index in [2.05, 4.69) is 41.6 Å². The highest BCUT2D eigenvalue weighted by Gasteiger charge is 2.39. The fourth-order valence-corrected chi connectivity index (χ4v) is 3.41. The van der Waals surface area contributed by atoms with Crippen LogP contribution in [0.5, 0.6) is 0 Å². The second-order valence-electron chi connectivity index (χ2n) is 5.97. The van der Waals surface area contributed by atoms with E-state index in [1.807, 2.05) is 17.9 Å². The van der Waals surface area contributed by atoms with Gasteiger partial charge in [0.1, 0.15) is 0 Å². The largest absolute Gasteiger partial charge is 0.381 e. The molecule has 0 amide bonds. The average Bonchev–Trinajstić information content (AvgIpc) is 2.94. The van der Waals surface area contributed by atoms with Crippen LogP contribution >= 0.6 is 0 Å². The van der Waals surface area contributed by atoms with Crippen molar-refractivity contribution in [1.29, 1.82) is 0 Å². The van der Waals surface area contributed by atoms with Crippen LogP contribution < -0.4 is 5.73 Å². The summed E-state index contributed by atoms with van der Waals surface area (Å²) < 4.78 is 7.41. The maximum Gasteiger partial charge on any atom is 0.0522 e. The first-order valence-corrected chi connectivity index (χ1v) is 7.57. The molecule has 2 N–H and O–H groups in total. The van der Waals surface area contributed by atoms with E-state index in [0.29, 0.717) is 0 Å². The minimum Gasteiger partial charge on any atom is -0.381 e. The molecule has 4 heteroatoms. The number of nitrogens with zero attached hydrogens (tertiary/aromatic N) is 2. The molecule has 1 unspecified atom stereocenters. The first-order chi connectivity index (χ1) is 10.2. The summed E-state index contributed by atoms with van der Waals surface area (Å²) in [5, 5.41) is 4.25. The molecule has 1 atom stereocenters. The first-order valence-electron chi connectivity index (χ1n) is 7.57. The maximum absolute atomic E-state index is 6.66. The van der Waals surface area contributed by atoms with Gasteiger partial charge in [0.2, 0.25) is 0 Å². The minimum absolute atomic E-state index is 0.00928. The fraction of sp³-hybridized carbons (Fsp3) is 0.471. The van der Waals surface area contributed by atoms with Crippen molar-refractivity contribution in [1.82, 2.24) is 9.78 Å². The Morgan fingerprint density at radius 2 is 2.00 bits per heavy atom. The van der Waals surface area contributed by atoms with E-state index in [0.717, 1.165) is 32.5 Å². The van der Waals surface area contributed by atoms with E-state index >= 15 is 0 Å². The van der Waals surface area contributed by atoms with Crippen LogP contribution in [0.2, 0.25) is 0 Å². The van der Waals surface area contributed by atoms with Gasteiger partial charge < -0.3 is 10.5 Å². The third kappa shape index (κ3) is 2.87. The van der Waals surface area contributed by atoms with Gasteiger partial charge in [0, 0.05) is 37.9 Å². The molecule has 1 fully saturated rings. The Morgan fingerprint density at radius 3 is 2.62 bits per heavy atom. The summed E-state index contributed by atoms with van der Waals surface area (Å²) in [6.07, 6.45) is 6.79. The van der Waals surface area contributed by atoms with Crippen molar-refractivity contribution < 1.29 is 4.74 Å². The monoisotopic (exact) mass is 285 g/mol. The second-order valence-corrected chi connectivity index (χ2v) is 5.97. The molecule has 0 aliphatic carbocycles. The van der Waals surface area contributed by atoms with Gasteiger partial charge in [-0.25, -0.2) is 0 Å². The maximum atomic E-state index is 6.66. The lowest BCUT2D eigenvalue weighted by atomic mass is 9.67. The van der Waals surface area contributed by atoms with Crippen LogP contribution in [0.15, 0.2) is 42.7 Å². The normalized spacial score (nSPS) is 19.3. The fourth-order valence-electron chi connectivity index (χ4n) is 3.41. The van der Waals surface area contributed by atoms with E-state index in [-0.39, 0.29) is 11.5 Å². The molecule has 2 heterocycles. The quantitative estimate of drug-likeness (QED) is 0.935. The van der Waals surface area contributed by atoms with Gasteiger partial charge in [0.25, 0.3) is 0 Å². The van der Waals surface area contributed by atoms with Crippen LogP contribution in [0.25, 0.3) is 0 Å². The molecule has 1 saturated heterocycles. The standard InChI is InChI=1S/C17H23N3O/c1-20-13-14(12-19-20)11-16(18)17(7-9-21-10-8-17)15-5-3-2-4-6-15/h2-6,12-13,16H,7-11,18H2,1H3. The van der Waals surface area contributed by atoms with Gasteiger partial charge in [0.05, 0.1) is 6.20 Å². The minimum atomic E-state index is 0.00928. The molecule has 1 aliphatic heterocycles. The predicted molar refractivity (Wildman–Crippen MR) is 83.1 cm³/mol. The van der Waals surface area contributed by atoms with Gasteiger partial charge in [-0.3, -0.25) is 4.68 Å². The summed E-state index contributed by atoms with van der Waals surface area (Å²) in [5.74, 6) is 0. The molecule has 112 valence electrons. The zero-order chi connectivity index (χ0) is 14.7. The van der Waals surface area contributed by atoms with E-state index in [1.54, 1.807) is 0 Å². The molecular formula is C17H23N3O. The summed E-state index contributed by atoms with van der Waals surface area (Å²) in [7, 11) is 1.94. The van der Waals surface area contributed by atoms with Gasteiger partial charge in [0.15, 0.2) is 0 Å². The second kappa shape index (κ2) is 6.00. The molecule has 0 saturated carbocycles. The van der Waals surface area contributed by atoms with Crippen molar-refractivity contribution in [3.05, 3.63) is 53.9 Å². The van der Waals surface area contributed by atoms with E-state index < -0.39 is 0 Å². The Bertz CT molecular complexity index is 573. The summed E-state index contributed by atoms with van der Waals surface area (Å²) in [6.45, 7) is 1.57. The number of aromatic nitrogens is 2. The summed E-state index contributed by atoms with van der Waals surface area (Å²) in [5.41, 5.74) is 9.21. The molecule has 0 bridgehead atoms. The van der Waals surface area contributed by atoms with Gasteiger partial charge >= 0.3 is 0 Å². The summed E-state index contributed by atoms with van der Waals surface area (Å²) >= 11 is 0. The van der Waals surface area contributed by atoms with Crippen LogP contribution in [-0.4, -0.2) is 29.0 Å². The third-order valence-corrected chi connectivity index (χ3v) is 4.66. The van der Waals surface area contributed by atoms with Gasteiger partial charge in [-0.15, -0.1) is 0 Å². The van der Waals surface area contributed by atoms with Gasteiger partial charge in [-0.2, -0.15) is 5.10 Å². The molecule has 21 heavy (non-hydrogen) atoms. The Morgan fingerprint density at radius 1 is 1.29 bits per heavy atom. The van der Waals surface area contributed by atoms with Crippen LogP contribution in [0.4, 0.5) is 0 Å². The summed E-state index contributed by atoms with van der Waals surface area (Å²) in [6, 6.07) is 10.7. The Labute approximate surface area is 125 Å². The number of rotatable bonds is 4. The van der Waals surface area contributed by atoms with Crippen molar-refractivity contribution in [2.75, 3.05) is 13.2 Å².